The summed E-state index contributed by atoms with van der Waals surface area (Å²) >= 11 is 0. The van der Waals surface area contributed by atoms with E-state index in [1.165, 1.54) is 0 Å². The Morgan fingerprint density at radius 2 is 1.93 bits per heavy atom. The van der Waals surface area contributed by atoms with Crippen LogP contribution in [0.1, 0.15) is 25.0 Å². The molecule has 0 bridgehead atoms. The molecule has 0 fully saturated rings. The molecule has 3 rings (SSSR count). The first-order valence-electron chi connectivity index (χ1n) is 9.31. The molecule has 1 N–H and O–H groups in total. The van der Waals surface area contributed by atoms with Gasteiger partial charge in [-0.15, -0.1) is 5.10 Å². The van der Waals surface area contributed by atoms with Gasteiger partial charge in [-0.3, -0.25) is 0 Å². The van der Waals surface area contributed by atoms with Crippen LogP contribution in [0.3, 0.4) is 0 Å². The van der Waals surface area contributed by atoms with Crippen LogP contribution in [0.15, 0.2) is 54.7 Å². The molecular weight excluding hydrogens is 348 g/mol. The number of nitrogens with zero attached hydrogens (tertiary/aromatic N) is 3. The number of methoxy groups -OCH3 is 1. The van der Waals surface area contributed by atoms with Crippen LogP contribution in [-0.4, -0.2) is 34.2 Å². The van der Waals surface area contributed by atoms with Gasteiger partial charge in [-0.2, -0.15) is 0 Å². The van der Waals surface area contributed by atoms with Gasteiger partial charge < -0.3 is 10.1 Å². The van der Waals surface area contributed by atoms with E-state index in [9.17, 15) is 0 Å². The summed E-state index contributed by atoms with van der Waals surface area (Å²) < 4.78 is 7.28. The van der Waals surface area contributed by atoms with E-state index in [4.69, 9.17) is 4.74 Å². The van der Waals surface area contributed by atoms with Crippen LogP contribution < -0.4 is 5.32 Å². The van der Waals surface area contributed by atoms with E-state index < -0.39 is 0 Å². The number of para-hydroxylation sites is 1. The second-order valence-electron chi connectivity index (χ2n) is 7.32. The summed E-state index contributed by atoms with van der Waals surface area (Å²) in [7, 11) is 1.71. The van der Waals surface area contributed by atoms with Gasteiger partial charge in [-0.1, -0.05) is 41.3 Å². The highest BCUT2D eigenvalue weighted by Gasteiger charge is 2.18. The van der Waals surface area contributed by atoms with E-state index in [1.54, 1.807) is 7.11 Å². The summed E-state index contributed by atoms with van der Waals surface area (Å²) in [5, 5.41) is 11.8. The molecule has 0 spiro atoms. The highest BCUT2D eigenvalue weighted by molar-refractivity contribution is 5.64. The fourth-order valence-corrected chi connectivity index (χ4v) is 2.83. The number of nitrogens with one attached hydrogen (secondary N) is 1. The van der Waals surface area contributed by atoms with Crippen LogP contribution in [-0.2, 0) is 11.3 Å². The van der Waals surface area contributed by atoms with Crippen LogP contribution in [0.4, 0.5) is 5.69 Å². The van der Waals surface area contributed by atoms with Gasteiger partial charge in [0, 0.05) is 23.9 Å². The fraction of sp³-hybridized carbons (Fsp3) is 0.304. The van der Waals surface area contributed by atoms with Gasteiger partial charge in [0.1, 0.15) is 5.69 Å². The highest BCUT2D eigenvalue weighted by atomic mass is 16.5. The second kappa shape index (κ2) is 8.73. The largest absolute Gasteiger partial charge is 0.377 e. The summed E-state index contributed by atoms with van der Waals surface area (Å²) in [6.45, 7) is 7.38. The molecule has 5 nitrogen and oxygen atoms in total. The monoisotopic (exact) mass is 374 g/mol. The minimum Gasteiger partial charge on any atom is -0.377 e. The van der Waals surface area contributed by atoms with E-state index in [1.807, 2.05) is 61.1 Å². The quantitative estimate of drug-likeness (QED) is 0.659. The molecule has 1 heterocycles. The smallest absolute Gasteiger partial charge is 0.113 e. The van der Waals surface area contributed by atoms with E-state index in [0.29, 0.717) is 13.1 Å². The second-order valence-corrected chi connectivity index (χ2v) is 7.32. The predicted octanol–water partition coefficient (Wildman–Crippen LogP) is 4.14. The number of hydrogen-bond donors (Lipinski definition) is 1. The lowest BCUT2D eigenvalue weighted by Gasteiger charge is -2.21. The van der Waals surface area contributed by atoms with Crippen molar-refractivity contribution in [3.05, 3.63) is 65.9 Å². The topological polar surface area (TPSA) is 52.0 Å². The summed E-state index contributed by atoms with van der Waals surface area (Å²) in [6.07, 6.45) is 1.96. The first-order chi connectivity index (χ1) is 13.5. The SMILES string of the molecule is COC(C)(C)Cn1cc(-c2ccc(C#CCNc3ccccc3)cc2C)nn1. The van der Waals surface area contributed by atoms with Crippen molar-refractivity contribution < 1.29 is 4.74 Å². The van der Waals surface area contributed by atoms with Crippen molar-refractivity contribution in [1.82, 2.24) is 15.0 Å². The van der Waals surface area contributed by atoms with Gasteiger partial charge in [0.15, 0.2) is 0 Å². The molecule has 1 aromatic heterocycles. The Kier molecular flexibility index (Phi) is 6.13. The Morgan fingerprint density at radius 1 is 1.14 bits per heavy atom. The fourth-order valence-electron chi connectivity index (χ4n) is 2.83. The van der Waals surface area contributed by atoms with Gasteiger partial charge in [-0.25, -0.2) is 4.68 Å². The molecule has 0 amide bonds. The number of benzene rings is 2. The lowest BCUT2D eigenvalue weighted by molar-refractivity contribution is 0.00501. The highest BCUT2D eigenvalue weighted by Crippen LogP contribution is 2.22. The molecule has 0 aliphatic heterocycles. The molecule has 2 aromatic carbocycles. The maximum Gasteiger partial charge on any atom is 0.113 e. The minimum absolute atomic E-state index is 0.284. The van der Waals surface area contributed by atoms with Crippen molar-refractivity contribution in [3.8, 4) is 23.1 Å². The first-order valence-corrected chi connectivity index (χ1v) is 9.31. The zero-order valence-corrected chi connectivity index (χ0v) is 16.9. The van der Waals surface area contributed by atoms with E-state index in [-0.39, 0.29) is 5.60 Å². The molecule has 0 radical (unpaired) electrons. The van der Waals surface area contributed by atoms with Crippen LogP contribution in [0, 0.1) is 18.8 Å². The van der Waals surface area contributed by atoms with Crippen LogP contribution in [0.2, 0.25) is 0 Å². The first kappa shape index (κ1) is 19.7. The normalized spacial score (nSPS) is 11.0. The number of anilines is 1. The standard InChI is InChI=1S/C23H26N4O/c1-18-15-19(9-8-14-24-20-10-6-5-7-11-20)12-13-21(18)22-16-27(26-25-22)17-23(2,3)28-4/h5-7,10-13,15-16,24H,14,17H2,1-4H3. The van der Waals surface area contributed by atoms with Gasteiger partial charge in [-0.05, 0) is 50.6 Å². The summed E-state index contributed by atoms with van der Waals surface area (Å²) in [5.41, 5.74) is 4.82. The number of aryl methyl sites for hydroxylation is 1. The van der Waals surface area contributed by atoms with Crippen molar-refractivity contribution in [2.45, 2.75) is 32.9 Å². The Bertz CT molecular complexity index is 981. The Balaban J connectivity index is 1.66. The Labute approximate surface area is 166 Å². The van der Waals surface area contributed by atoms with E-state index in [0.717, 1.165) is 28.1 Å². The lowest BCUT2D eigenvalue weighted by Crippen LogP contribution is -2.29. The van der Waals surface area contributed by atoms with Crippen molar-refractivity contribution in [2.75, 3.05) is 19.0 Å². The molecule has 0 aliphatic carbocycles. The summed E-state index contributed by atoms with van der Waals surface area (Å²) in [5.74, 6) is 6.37. The summed E-state index contributed by atoms with van der Waals surface area (Å²) in [4.78, 5) is 0. The zero-order chi connectivity index (χ0) is 20.0. The summed E-state index contributed by atoms with van der Waals surface area (Å²) in [6, 6.07) is 16.2. The van der Waals surface area contributed by atoms with Crippen molar-refractivity contribution in [1.29, 1.82) is 0 Å². The molecular formula is C23H26N4O. The van der Waals surface area contributed by atoms with Gasteiger partial charge in [0.25, 0.3) is 0 Å². The number of ether oxygens (including phenoxy) is 1. The molecule has 5 heteroatoms. The van der Waals surface area contributed by atoms with Crippen LogP contribution in [0.25, 0.3) is 11.3 Å². The third-order valence-corrected chi connectivity index (χ3v) is 4.52. The zero-order valence-electron chi connectivity index (χ0n) is 16.9. The molecule has 144 valence electrons. The molecule has 3 aromatic rings. The minimum atomic E-state index is -0.284. The molecule has 0 atom stereocenters. The lowest BCUT2D eigenvalue weighted by atomic mass is 10.0. The van der Waals surface area contributed by atoms with Crippen LogP contribution in [0.5, 0.6) is 0 Å². The Hall–Kier alpha value is -3.10. The van der Waals surface area contributed by atoms with Crippen molar-refractivity contribution >= 4 is 5.69 Å². The predicted molar refractivity (Wildman–Crippen MR) is 113 cm³/mol. The number of rotatable bonds is 6. The van der Waals surface area contributed by atoms with Crippen molar-refractivity contribution in [3.63, 3.8) is 0 Å². The average Bonchev–Trinajstić information content (AvgIpc) is 3.13. The van der Waals surface area contributed by atoms with Crippen LogP contribution >= 0.6 is 0 Å². The average molecular weight is 374 g/mol. The van der Waals surface area contributed by atoms with E-state index >= 15 is 0 Å². The maximum absolute atomic E-state index is 5.46. The van der Waals surface area contributed by atoms with Gasteiger partial charge >= 0.3 is 0 Å². The van der Waals surface area contributed by atoms with Gasteiger partial charge in [0.05, 0.1) is 24.9 Å². The molecule has 0 unspecified atom stereocenters. The molecule has 0 aliphatic rings. The molecule has 28 heavy (non-hydrogen) atoms. The third-order valence-electron chi connectivity index (χ3n) is 4.52. The molecule has 0 saturated carbocycles. The molecule has 0 saturated heterocycles. The Morgan fingerprint density at radius 3 is 2.64 bits per heavy atom. The van der Waals surface area contributed by atoms with Gasteiger partial charge in [0.2, 0.25) is 0 Å². The van der Waals surface area contributed by atoms with Crippen molar-refractivity contribution in [2.24, 2.45) is 0 Å². The number of hydrogen-bond acceptors (Lipinski definition) is 4. The van der Waals surface area contributed by atoms with E-state index in [2.05, 4.69) is 46.5 Å². The third kappa shape index (κ3) is 5.21. The number of aromatic nitrogens is 3. The maximum atomic E-state index is 5.46.